The van der Waals surface area contributed by atoms with Gasteiger partial charge in [0.05, 0.1) is 12.1 Å². The lowest BCUT2D eigenvalue weighted by molar-refractivity contribution is -0.129. The molecular formula is C14H21N3O. The van der Waals surface area contributed by atoms with Crippen molar-refractivity contribution in [3.63, 3.8) is 0 Å². The van der Waals surface area contributed by atoms with E-state index in [0.717, 1.165) is 17.0 Å². The van der Waals surface area contributed by atoms with Gasteiger partial charge in [-0.1, -0.05) is 12.2 Å². The number of carbonyl (C=O) groups excluding carboxylic acids is 1. The quantitative estimate of drug-likeness (QED) is 0.719. The molecule has 18 heavy (non-hydrogen) atoms. The molecule has 0 aromatic carbocycles. The van der Waals surface area contributed by atoms with Crippen LogP contribution in [-0.2, 0) is 18.3 Å². The minimum absolute atomic E-state index is 0.0778. The zero-order chi connectivity index (χ0) is 13.7. The molecule has 4 heteroatoms. The second-order valence-electron chi connectivity index (χ2n) is 4.33. The van der Waals surface area contributed by atoms with Gasteiger partial charge in [0.25, 0.3) is 0 Å². The Hall–Kier alpha value is -1.84. The number of aryl methyl sites for hydroxylation is 2. The van der Waals surface area contributed by atoms with Crippen molar-refractivity contribution >= 4 is 5.91 Å². The van der Waals surface area contributed by atoms with E-state index in [0.29, 0.717) is 19.5 Å². The molecule has 0 aliphatic rings. The predicted octanol–water partition coefficient (Wildman–Crippen LogP) is 1.78. The second-order valence-corrected chi connectivity index (χ2v) is 4.33. The first-order valence-electron chi connectivity index (χ1n) is 5.99. The van der Waals surface area contributed by atoms with Gasteiger partial charge in [-0.2, -0.15) is 5.10 Å². The molecule has 0 fully saturated rings. The molecule has 0 spiro atoms. The highest BCUT2D eigenvalue weighted by molar-refractivity contribution is 5.79. The minimum atomic E-state index is 0.0778. The van der Waals surface area contributed by atoms with Gasteiger partial charge in [-0.05, 0) is 13.8 Å². The number of rotatable bonds is 6. The average molecular weight is 247 g/mol. The molecular weight excluding hydrogens is 226 g/mol. The monoisotopic (exact) mass is 247 g/mol. The van der Waals surface area contributed by atoms with Crippen LogP contribution >= 0.6 is 0 Å². The summed E-state index contributed by atoms with van der Waals surface area (Å²) < 4.78 is 1.81. The third-order valence-electron chi connectivity index (χ3n) is 3.04. The van der Waals surface area contributed by atoms with Crippen molar-refractivity contribution in [3.8, 4) is 0 Å². The maximum absolute atomic E-state index is 12.2. The summed E-state index contributed by atoms with van der Waals surface area (Å²) in [5.74, 6) is 0.0778. The van der Waals surface area contributed by atoms with Crippen LogP contribution in [0.15, 0.2) is 25.3 Å². The number of amides is 1. The zero-order valence-corrected chi connectivity index (χ0v) is 11.4. The Morgan fingerprint density at radius 3 is 2.28 bits per heavy atom. The number of hydrogen-bond donors (Lipinski definition) is 0. The highest BCUT2D eigenvalue weighted by atomic mass is 16.2. The SMILES string of the molecule is C=CCN(CC=C)C(=O)Cc1c(C)nn(C)c1C. The van der Waals surface area contributed by atoms with Crippen LogP contribution in [0.5, 0.6) is 0 Å². The molecule has 0 radical (unpaired) electrons. The van der Waals surface area contributed by atoms with Crippen molar-refractivity contribution in [1.29, 1.82) is 0 Å². The Morgan fingerprint density at radius 1 is 1.33 bits per heavy atom. The molecule has 1 aromatic rings. The average Bonchev–Trinajstić information content (AvgIpc) is 2.55. The molecule has 0 atom stereocenters. The van der Waals surface area contributed by atoms with E-state index in [1.807, 2.05) is 25.6 Å². The lowest BCUT2D eigenvalue weighted by Crippen LogP contribution is -2.32. The molecule has 0 saturated carbocycles. The molecule has 0 N–H and O–H groups in total. The summed E-state index contributed by atoms with van der Waals surface area (Å²) in [4.78, 5) is 13.9. The van der Waals surface area contributed by atoms with Gasteiger partial charge in [-0.25, -0.2) is 0 Å². The van der Waals surface area contributed by atoms with Crippen LogP contribution in [0.1, 0.15) is 17.0 Å². The molecule has 0 unspecified atom stereocenters. The number of hydrogen-bond acceptors (Lipinski definition) is 2. The Labute approximate surface area is 109 Å². The zero-order valence-electron chi connectivity index (χ0n) is 11.4. The van der Waals surface area contributed by atoms with Crippen molar-refractivity contribution < 1.29 is 4.79 Å². The molecule has 0 bridgehead atoms. The van der Waals surface area contributed by atoms with Crippen molar-refractivity contribution in [2.75, 3.05) is 13.1 Å². The largest absolute Gasteiger partial charge is 0.335 e. The minimum Gasteiger partial charge on any atom is -0.335 e. The van der Waals surface area contributed by atoms with Gasteiger partial charge < -0.3 is 4.90 Å². The van der Waals surface area contributed by atoms with Crippen LogP contribution in [0.4, 0.5) is 0 Å². The molecule has 0 saturated heterocycles. The van der Waals surface area contributed by atoms with Gasteiger partial charge in [-0.3, -0.25) is 9.48 Å². The molecule has 0 aliphatic heterocycles. The second kappa shape index (κ2) is 6.19. The maximum Gasteiger partial charge on any atom is 0.227 e. The van der Waals surface area contributed by atoms with E-state index >= 15 is 0 Å². The molecule has 4 nitrogen and oxygen atoms in total. The smallest absolute Gasteiger partial charge is 0.227 e. The number of aromatic nitrogens is 2. The fourth-order valence-electron chi connectivity index (χ4n) is 1.93. The van der Waals surface area contributed by atoms with Crippen molar-refractivity contribution in [1.82, 2.24) is 14.7 Å². The molecule has 98 valence electrons. The van der Waals surface area contributed by atoms with Gasteiger partial charge in [0, 0.05) is 31.4 Å². The van der Waals surface area contributed by atoms with Gasteiger partial charge >= 0.3 is 0 Å². The molecule has 0 aliphatic carbocycles. The van der Waals surface area contributed by atoms with E-state index < -0.39 is 0 Å². The molecule has 1 heterocycles. The Balaban J connectivity index is 2.84. The summed E-state index contributed by atoms with van der Waals surface area (Å²) in [6, 6.07) is 0. The van der Waals surface area contributed by atoms with E-state index in [9.17, 15) is 4.79 Å². The Morgan fingerprint density at radius 2 is 1.89 bits per heavy atom. The first kappa shape index (κ1) is 14.2. The maximum atomic E-state index is 12.2. The van der Waals surface area contributed by atoms with Crippen molar-refractivity contribution in [3.05, 3.63) is 42.3 Å². The topological polar surface area (TPSA) is 38.1 Å². The van der Waals surface area contributed by atoms with Gasteiger partial charge in [0.1, 0.15) is 0 Å². The van der Waals surface area contributed by atoms with Crippen LogP contribution < -0.4 is 0 Å². The van der Waals surface area contributed by atoms with E-state index in [1.54, 1.807) is 17.1 Å². The predicted molar refractivity (Wildman–Crippen MR) is 73.4 cm³/mol. The van der Waals surface area contributed by atoms with E-state index in [-0.39, 0.29) is 5.91 Å². The number of carbonyl (C=O) groups is 1. The van der Waals surface area contributed by atoms with Crippen molar-refractivity contribution in [2.45, 2.75) is 20.3 Å². The molecule has 1 amide bonds. The van der Waals surface area contributed by atoms with Gasteiger partial charge in [-0.15, -0.1) is 13.2 Å². The Bertz CT molecular complexity index is 450. The lowest BCUT2D eigenvalue weighted by atomic mass is 10.1. The summed E-state index contributed by atoms with van der Waals surface area (Å²) in [7, 11) is 1.89. The third kappa shape index (κ3) is 3.09. The highest BCUT2D eigenvalue weighted by Crippen LogP contribution is 2.13. The van der Waals surface area contributed by atoms with E-state index in [2.05, 4.69) is 18.3 Å². The lowest BCUT2D eigenvalue weighted by Gasteiger charge is -2.19. The third-order valence-corrected chi connectivity index (χ3v) is 3.04. The fraction of sp³-hybridized carbons (Fsp3) is 0.429. The summed E-state index contributed by atoms with van der Waals surface area (Å²) in [6.45, 7) is 12.3. The van der Waals surface area contributed by atoms with E-state index in [1.165, 1.54) is 0 Å². The van der Waals surface area contributed by atoms with Gasteiger partial charge in [0.2, 0.25) is 5.91 Å². The Kier molecular flexibility index (Phi) is 4.89. The van der Waals surface area contributed by atoms with E-state index in [4.69, 9.17) is 0 Å². The number of nitrogens with zero attached hydrogens (tertiary/aromatic N) is 3. The fourth-order valence-corrected chi connectivity index (χ4v) is 1.93. The first-order valence-corrected chi connectivity index (χ1v) is 5.99. The molecule has 1 rings (SSSR count). The van der Waals surface area contributed by atoms with Crippen LogP contribution in [0, 0.1) is 13.8 Å². The summed E-state index contributed by atoms with van der Waals surface area (Å²) in [5.41, 5.74) is 2.97. The summed E-state index contributed by atoms with van der Waals surface area (Å²) >= 11 is 0. The van der Waals surface area contributed by atoms with Crippen LogP contribution in [-0.4, -0.2) is 33.7 Å². The normalized spacial score (nSPS) is 10.2. The van der Waals surface area contributed by atoms with Crippen LogP contribution in [0.25, 0.3) is 0 Å². The molecule has 1 aromatic heterocycles. The standard InChI is InChI=1S/C14H21N3O/c1-6-8-17(9-7-2)14(18)10-13-11(3)15-16(5)12(13)4/h6-7H,1-2,8-10H2,3-5H3. The summed E-state index contributed by atoms with van der Waals surface area (Å²) in [6.07, 6.45) is 3.84. The first-order chi connectivity index (χ1) is 8.51. The van der Waals surface area contributed by atoms with Crippen LogP contribution in [0.3, 0.4) is 0 Å². The van der Waals surface area contributed by atoms with Crippen LogP contribution in [0.2, 0.25) is 0 Å². The van der Waals surface area contributed by atoms with Crippen molar-refractivity contribution in [2.24, 2.45) is 7.05 Å². The van der Waals surface area contributed by atoms with Gasteiger partial charge in [0.15, 0.2) is 0 Å². The summed E-state index contributed by atoms with van der Waals surface area (Å²) in [5, 5.41) is 4.32. The highest BCUT2D eigenvalue weighted by Gasteiger charge is 2.17.